The lowest BCUT2D eigenvalue weighted by molar-refractivity contribution is -0.0380. The first-order valence-corrected chi connectivity index (χ1v) is 4.93. The third kappa shape index (κ3) is 1.50. The number of amides is 2. The van der Waals surface area contributed by atoms with Crippen molar-refractivity contribution in [2.24, 2.45) is 0 Å². The van der Waals surface area contributed by atoms with Gasteiger partial charge in [0.25, 0.3) is 0 Å². The van der Waals surface area contributed by atoms with E-state index < -0.39 is 0 Å². The molecule has 1 heterocycles. The van der Waals surface area contributed by atoms with Gasteiger partial charge in [-0.2, -0.15) is 0 Å². The van der Waals surface area contributed by atoms with Crippen molar-refractivity contribution in [3.63, 3.8) is 0 Å². The Bertz CT molecular complexity index is 208. The number of ether oxygens (including phenoxy) is 1. The SMILES string of the molecule is CNC(=O)N1CCOC2CCCC21. The monoisotopic (exact) mass is 184 g/mol. The van der Waals surface area contributed by atoms with Gasteiger partial charge in [0, 0.05) is 13.6 Å². The smallest absolute Gasteiger partial charge is 0.317 e. The molecule has 4 heteroatoms. The average molecular weight is 184 g/mol. The summed E-state index contributed by atoms with van der Waals surface area (Å²) in [5.41, 5.74) is 0. The zero-order valence-corrected chi connectivity index (χ0v) is 7.95. The van der Waals surface area contributed by atoms with E-state index in [0.29, 0.717) is 18.8 Å². The lowest BCUT2D eigenvalue weighted by atomic mass is 10.1. The molecule has 1 saturated heterocycles. The molecule has 4 nitrogen and oxygen atoms in total. The van der Waals surface area contributed by atoms with Crippen LogP contribution in [0.2, 0.25) is 0 Å². The van der Waals surface area contributed by atoms with E-state index in [1.807, 2.05) is 4.90 Å². The summed E-state index contributed by atoms with van der Waals surface area (Å²) in [5, 5.41) is 2.68. The first kappa shape index (κ1) is 8.81. The van der Waals surface area contributed by atoms with Gasteiger partial charge in [-0.25, -0.2) is 4.79 Å². The second-order valence-electron chi connectivity index (χ2n) is 3.66. The molecular formula is C9H16N2O2. The summed E-state index contributed by atoms with van der Waals surface area (Å²) in [7, 11) is 1.68. The van der Waals surface area contributed by atoms with E-state index in [-0.39, 0.29) is 6.03 Å². The summed E-state index contributed by atoms with van der Waals surface area (Å²) >= 11 is 0. The van der Waals surface area contributed by atoms with Crippen LogP contribution in [0, 0.1) is 0 Å². The number of hydrogen-bond acceptors (Lipinski definition) is 2. The van der Waals surface area contributed by atoms with Gasteiger partial charge in [0.15, 0.2) is 0 Å². The minimum Gasteiger partial charge on any atom is -0.374 e. The molecular weight excluding hydrogens is 168 g/mol. The van der Waals surface area contributed by atoms with Gasteiger partial charge >= 0.3 is 6.03 Å². The molecule has 0 aromatic carbocycles. The number of urea groups is 1. The minimum atomic E-state index is 0.0419. The van der Waals surface area contributed by atoms with Crippen LogP contribution in [0.3, 0.4) is 0 Å². The van der Waals surface area contributed by atoms with Gasteiger partial charge in [0.1, 0.15) is 0 Å². The molecule has 1 N–H and O–H groups in total. The molecule has 1 aliphatic carbocycles. The highest BCUT2D eigenvalue weighted by molar-refractivity contribution is 5.74. The standard InChI is InChI=1S/C9H16N2O2/c1-10-9(12)11-5-6-13-8-4-2-3-7(8)11/h7-8H,2-6H2,1H3,(H,10,12). The highest BCUT2D eigenvalue weighted by Gasteiger charge is 2.37. The number of nitrogens with zero attached hydrogens (tertiary/aromatic N) is 1. The molecule has 2 atom stereocenters. The number of fused-ring (bicyclic) bond motifs is 1. The maximum atomic E-state index is 11.5. The maximum Gasteiger partial charge on any atom is 0.317 e. The maximum absolute atomic E-state index is 11.5. The molecule has 1 aliphatic heterocycles. The second-order valence-corrected chi connectivity index (χ2v) is 3.66. The number of morpholine rings is 1. The largest absolute Gasteiger partial charge is 0.374 e. The van der Waals surface area contributed by atoms with Crippen LogP contribution in [0.25, 0.3) is 0 Å². The zero-order valence-electron chi connectivity index (χ0n) is 7.95. The summed E-state index contributed by atoms with van der Waals surface area (Å²) in [6.07, 6.45) is 3.69. The highest BCUT2D eigenvalue weighted by Crippen LogP contribution is 2.29. The number of nitrogens with one attached hydrogen (secondary N) is 1. The van der Waals surface area contributed by atoms with Crippen molar-refractivity contribution in [3.05, 3.63) is 0 Å². The summed E-state index contributed by atoms with van der Waals surface area (Å²) in [4.78, 5) is 13.4. The number of carbonyl (C=O) groups excluding carboxylic acids is 1. The zero-order chi connectivity index (χ0) is 9.26. The van der Waals surface area contributed by atoms with Crippen molar-refractivity contribution in [3.8, 4) is 0 Å². The topological polar surface area (TPSA) is 41.6 Å². The molecule has 0 aromatic heterocycles. The van der Waals surface area contributed by atoms with Crippen LogP contribution in [-0.4, -0.2) is 43.3 Å². The van der Waals surface area contributed by atoms with E-state index in [4.69, 9.17) is 4.74 Å². The third-order valence-electron chi connectivity index (χ3n) is 2.96. The molecule has 2 rings (SSSR count). The molecule has 74 valence electrons. The van der Waals surface area contributed by atoms with Crippen molar-refractivity contribution in [1.82, 2.24) is 10.2 Å². The lowest BCUT2D eigenvalue weighted by Gasteiger charge is -2.37. The van der Waals surface area contributed by atoms with Gasteiger partial charge < -0.3 is 15.0 Å². The summed E-state index contributed by atoms with van der Waals surface area (Å²) in [6, 6.07) is 0.369. The Morgan fingerprint density at radius 3 is 3.15 bits per heavy atom. The average Bonchev–Trinajstić information content (AvgIpc) is 2.63. The van der Waals surface area contributed by atoms with Crippen molar-refractivity contribution in [1.29, 1.82) is 0 Å². The third-order valence-corrected chi connectivity index (χ3v) is 2.96. The van der Waals surface area contributed by atoms with Crippen LogP contribution in [-0.2, 0) is 4.74 Å². The Morgan fingerprint density at radius 2 is 2.38 bits per heavy atom. The van der Waals surface area contributed by atoms with Crippen molar-refractivity contribution >= 4 is 6.03 Å². The summed E-state index contributed by atoms with van der Waals surface area (Å²) < 4.78 is 5.61. The van der Waals surface area contributed by atoms with Crippen LogP contribution in [0.4, 0.5) is 4.79 Å². The molecule has 2 unspecified atom stereocenters. The van der Waals surface area contributed by atoms with Gasteiger partial charge in [-0.15, -0.1) is 0 Å². The van der Waals surface area contributed by atoms with E-state index in [0.717, 1.165) is 19.4 Å². The van der Waals surface area contributed by atoms with E-state index in [2.05, 4.69) is 5.32 Å². The molecule has 0 radical (unpaired) electrons. The Kier molecular flexibility index (Phi) is 2.40. The highest BCUT2D eigenvalue weighted by atomic mass is 16.5. The molecule has 2 fully saturated rings. The van der Waals surface area contributed by atoms with E-state index in [1.165, 1.54) is 6.42 Å². The lowest BCUT2D eigenvalue weighted by Crippen LogP contribution is -2.53. The second kappa shape index (κ2) is 3.54. The van der Waals surface area contributed by atoms with Crippen molar-refractivity contribution < 1.29 is 9.53 Å². The van der Waals surface area contributed by atoms with Gasteiger partial charge in [-0.1, -0.05) is 0 Å². The Hall–Kier alpha value is -0.770. The Balaban J connectivity index is 2.05. The molecule has 0 spiro atoms. The molecule has 1 saturated carbocycles. The molecule has 2 amide bonds. The fourth-order valence-corrected chi connectivity index (χ4v) is 2.32. The molecule has 13 heavy (non-hydrogen) atoms. The fraction of sp³-hybridized carbons (Fsp3) is 0.889. The number of rotatable bonds is 0. The number of hydrogen-bond donors (Lipinski definition) is 1. The first-order chi connectivity index (χ1) is 6.33. The molecule has 0 aromatic rings. The van der Waals surface area contributed by atoms with Crippen LogP contribution < -0.4 is 5.32 Å². The molecule has 0 bridgehead atoms. The number of carbonyl (C=O) groups is 1. The van der Waals surface area contributed by atoms with Gasteiger partial charge in [-0.05, 0) is 19.3 Å². The van der Waals surface area contributed by atoms with E-state index >= 15 is 0 Å². The summed E-state index contributed by atoms with van der Waals surface area (Å²) in [5.74, 6) is 0. The normalized spacial score (nSPS) is 32.8. The van der Waals surface area contributed by atoms with Crippen LogP contribution in [0.5, 0.6) is 0 Å². The van der Waals surface area contributed by atoms with E-state index in [1.54, 1.807) is 7.05 Å². The van der Waals surface area contributed by atoms with Crippen molar-refractivity contribution in [2.75, 3.05) is 20.2 Å². The van der Waals surface area contributed by atoms with Gasteiger partial charge in [0.05, 0.1) is 18.8 Å². The first-order valence-electron chi connectivity index (χ1n) is 4.93. The predicted molar refractivity (Wildman–Crippen MR) is 48.5 cm³/mol. The van der Waals surface area contributed by atoms with Crippen LogP contribution in [0.15, 0.2) is 0 Å². The minimum absolute atomic E-state index is 0.0419. The van der Waals surface area contributed by atoms with Crippen molar-refractivity contribution in [2.45, 2.75) is 31.4 Å². The van der Waals surface area contributed by atoms with Crippen LogP contribution >= 0.6 is 0 Å². The Labute approximate surface area is 78.2 Å². The van der Waals surface area contributed by atoms with Gasteiger partial charge in [0.2, 0.25) is 0 Å². The van der Waals surface area contributed by atoms with E-state index in [9.17, 15) is 4.79 Å². The summed E-state index contributed by atoms with van der Waals surface area (Å²) in [6.45, 7) is 1.43. The predicted octanol–water partition coefficient (Wildman–Crippen LogP) is 0.579. The van der Waals surface area contributed by atoms with Crippen LogP contribution in [0.1, 0.15) is 19.3 Å². The van der Waals surface area contributed by atoms with Gasteiger partial charge in [-0.3, -0.25) is 0 Å². The fourth-order valence-electron chi connectivity index (χ4n) is 2.32. The quantitative estimate of drug-likeness (QED) is 0.598. The Morgan fingerprint density at radius 1 is 1.54 bits per heavy atom. The molecule has 2 aliphatic rings.